The van der Waals surface area contributed by atoms with Crippen molar-refractivity contribution < 1.29 is 4.42 Å². The smallest absolute Gasteiger partial charge is 0.122 e. The summed E-state index contributed by atoms with van der Waals surface area (Å²) in [5, 5.41) is 3.18. The second-order valence-electron chi connectivity index (χ2n) is 5.13. The van der Waals surface area contributed by atoms with Crippen LogP contribution in [-0.2, 0) is 26.1 Å². The Balaban J connectivity index is 1.70. The Hall–Kier alpha value is -1.58. The molecule has 3 nitrogen and oxygen atoms in total. The number of fused-ring (bicyclic) bond motifs is 1. The first-order valence-corrected chi connectivity index (χ1v) is 6.86. The third-order valence-corrected chi connectivity index (χ3v) is 3.78. The summed E-state index contributed by atoms with van der Waals surface area (Å²) in [6, 6.07) is 10.8. The van der Waals surface area contributed by atoms with Gasteiger partial charge in [-0.3, -0.25) is 4.90 Å². The maximum Gasteiger partial charge on any atom is 0.122 e. The van der Waals surface area contributed by atoms with E-state index in [1.165, 1.54) is 16.7 Å². The average molecular weight is 256 g/mol. The van der Waals surface area contributed by atoms with Gasteiger partial charge in [0.05, 0.1) is 12.8 Å². The zero-order valence-electron chi connectivity index (χ0n) is 11.4. The van der Waals surface area contributed by atoms with Gasteiger partial charge in [0.15, 0.2) is 0 Å². The van der Waals surface area contributed by atoms with Gasteiger partial charge >= 0.3 is 0 Å². The fourth-order valence-electron chi connectivity index (χ4n) is 2.75. The molecule has 0 fully saturated rings. The van der Waals surface area contributed by atoms with E-state index in [1.807, 2.05) is 7.05 Å². The van der Waals surface area contributed by atoms with Crippen molar-refractivity contribution in [3.05, 3.63) is 59.0 Å². The highest BCUT2D eigenvalue weighted by atomic mass is 16.3. The van der Waals surface area contributed by atoms with E-state index in [2.05, 4.69) is 40.5 Å². The van der Waals surface area contributed by atoms with Crippen LogP contribution in [0.15, 0.2) is 41.0 Å². The molecular weight excluding hydrogens is 236 g/mol. The van der Waals surface area contributed by atoms with Gasteiger partial charge in [-0.25, -0.2) is 0 Å². The Kier molecular flexibility index (Phi) is 3.67. The lowest BCUT2D eigenvalue weighted by molar-refractivity contribution is 0.224. The molecule has 0 radical (unpaired) electrons. The molecule has 0 aliphatic carbocycles. The lowest BCUT2D eigenvalue weighted by atomic mass is 10.00. The average Bonchev–Trinajstić information content (AvgIpc) is 2.86. The molecule has 1 aliphatic heterocycles. The van der Waals surface area contributed by atoms with E-state index in [0.717, 1.165) is 38.4 Å². The third kappa shape index (κ3) is 2.72. The van der Waals surface area contributed by atoms with E-state index >= 15 is 0 Å². The summed E-state index contributed by atoms with van der Waals surface area (Å²) in [6.45, 7) is 3.90. The standard InChI is InChI=1S/C16H20N2O/c1-17-10-14-7-9-19-16(14)12-18-8-6-13-4-2-3-5-15(13)11-18/h2-5,7,9,17H,6,8,10-12H2,1H3. The highest BCUT2D eigenvalue weighted by Crippen LogP contribution is 2.21. The molecule has 1 aromatic carbocycles. The molecule has 100 valence electrons. The van der Waals surface area contributed by atoms with Gasteiger partial charge in [0, 0.05) is 25.2 Å². The van der Waals surface area contributed by atoms with Crippen molar-refractivity contribution in [1.82, 2.24) is 10.2 Å². The molecule has 0 amide bonds. The zero-order valence-corrected chi connectivity index (χ0v) is 11.4. The highest BCUT2D eigenvalue weighted by molar-refractivity contribution is 5.29. The zero-order chi connectivity index (χ0) is 13.1. The van der Waals surface area contributed by atoms with Crippen LogP contribution >= 0.6 is 0 Å². The summed E-state index contributed by atoms with van der Waals surface area (Å²) in [5.41, 5.74) is 4.21. The SMILES string of the molecule is CNCc1ccoc1CN1CCc2ccccc2C1. The normalized spacial score (nSPS) is 15.4. The quantitative estimate of drug-likeness (QED) is 0.911. The van der Waals surface area contributed by atoms with Gasteiger partial charge in [0.25, 0.3) is 0 Å². The molecule has 3 rings (SSSR count). The summed E-state index contributed by atoms with van der Waals surface area (Å²) in [6.07, 6.45) is 2.93. The fraction of sp³-hybridized carbons (Fsp3) is 0.375. The minimum absolute atomic E-state index is 0.871. The highest BCUT2D eigenvalue weighted by Gasteiger charge is 2.18. The molecule has 1 aliphatic rings. The largest absolute Gasteiger partial charge is 0.468 e. The van der Waals surface area contributed by atoms with Crippen molar-refractivity contribution in [2.75, 3.05) is 13.6 Å². The first kappa shape index (κ1) is 12.5. The predicted octanol–water partition coefficient (Wildman–Crippen LogP) is 2.56. The van der Waals surface area contributed by atoms with Crippen LogP contribution in [0.2, 0.25) is 0 Å². The van der Waals surface area contributed by atoms with Gasteiger partial charge < -0.3 is 9.73 Å². The van der Waals surface area contributed by atoms with Crippen LogP contribution < -0.4 is 5.32 Å². The number of benzene rings is 1. The monoisotopic (exact) mass is 256 g/mol. The topological polar surface area (TPSA) is 28.4 Å². The maximum atomic E-state index is 5.63. The lowest BCUT2D eigenvalue weighted by Gasteiger charge is -2.28. The van der Waals surface area contributed by atoms with Crippen LogP contribution in [0.25, 0.3) is 0 Å². The molecule has 1 N–H and O–H groups in total. The molecular formula is C16H20N2O. The first-order chi connectivity index (χ1) is 9.36. The molecule has 1 aromatic heterocycles. The number of furan rings is 1. The predicted molar refractivity (Wildman–Crippen MR) is 75.7 cm³/mol. The number of hydrogen-bond acceptors (Lipinski definition) is 3. The summed E-state index contributed by atoms with van der Waals surface area (Å²) in [4.78, 5) is 2.46. The van der Waals surface area contributed by atoms with Crippen LogP contribution in [0, 0.1) is 0 Å². The Labute approximate surface area is 114 Å². The van der Waals surface area contributed by atoms with E-state index in [9.17, 15) is 0 Å². The molecule has 0 bridgehead atoms. The molecule has 0 atom stereocenters. The number of rotatable bonds is 4. The molecule has 0 spiro atoms. The van der Waals surface area contributed by atoms with E-state index in [-0.39, 0.29) is 0 Å². The van der Waals surface area contributed by atoms with Gasteiger partial charge in [-0.05, 0) is 30.7 Å². The second-order valence-corrected chi connectivity index (χ2v) is 5.13. The van der Waals surface area contributed by atoms with Crippen LogP contribution in [-0.4, -0.2) is 18.5 Å². The number of hydrogen-bond donors (Lipinski definition) is 1. The Morgan fingerprint density at radius 1 is 1.21 bits per heavy atom. The molecule has 0 unspecified atom stereocenters. The van der Waals surface area contributed by atoms with Crippen LogP contribution in [0.3, 0.4) is 0 Å². The minimum Gasteiger partial charge on any atom is -0.468 e. The minimum atomic E-state index is 0.871. The van der Waals surface area contributed by atoms with Crippen LogP contribution in [0.1, 0.15) is 22.5 Å². The summed E-state index contributed by atoms with van der Waals surface area (Å²) < 4.78 is 5.63. The Morgan fingerprint density at radius 2 is 2.05 bits per heavy atom. The molecule has 0 saturated heterocycles. The molecule has 2 aromatic rings. The van der Waals surface area contributed by atoms with Gasteiger partial charge in [0.2, 0.25) is 0 Å². The Morgan fingerprint density at radius 3 is 2.89 bits per heavy atom. The lowest BCUT2D eigenvalue weighted by Crippen LogP contribution is -2.30. The van der Waals surface area contributed by atoms with E-state index in [1.54, 1.807) is 6.26 Å². The van der Waals surface area contributed by atoms with Gasteiger partial charge in [0.1, 0.15) is 5.76 Å². The molecule has 3 heteroatoms. The Bertz CT molecular complexity index is 547. The van der Waals surface area contributed by atoms with Crippen molar-refractivity contribution >= 4 is 0 Å². The van der Waals surface area contributed by atoms with Gasteiger partial charge in [-0.1, -0.05) is 24.3 Å². The summed E-state index contributed by atoms with van der Waals surface area (Å²) >= 11 is 0. The van der Waals surface area contributed by atoms with Crippen molar-refractivity contribution in [1.29, 1.82) is 0 Å². The van der Waals surface area contributed by atoms with Crippen molar-refractivity contribution in [3.8, 4) is 0 Å². The number of nitrogens with one attached hydrogen (secondary N) is 1. The van der Waals surface area contributed by atoms with Gasteiger partial charge in [-0.15, -0.1) is 0 Å². The van der Waals surface area contributed by atoms with Gasteiger partial charge in [-0.2, -0.15) is 0 Å². The van der Waals surface area contributed by atoms with Crippen molar-refractivity contribution in [3.63, 3.8) is 0 Å². The summed E-state index contributed by atoms with van der Waals surface area (Å²) in [7, 11) is 1.97. The summed E-state index contributed by atoms with van der Waals surface area (Å²) in [5.74, 6) is 1.09. The molecule has 19 heavy (non-hydrogen) atoms. The van der Waals surface area contributed by atoms with Crippen LogP contribution in [0.4, 0.5) is 0 Å². The van der Waals surface area contributed by atoms with Crippen molar-refractivity contribution in [2.24, 2.45) is 0 Å². The third-order valence-electron chi connectivity index (χ3n) is 3.78. The maximum absolute atomic E-state index is 5.63. The van der Waals surface area contributed by atoms with E-state index < -0.39 is 0 Å². The van der Waals surface area contributed by atoms with E-state index in [0.29, 0.717) is 0 Å². The van der Waals surface area contributed by atoms with Crippen LogP contribution in [0.5, 0.6) is 0 Å². The second kappa shape index (κ2) is 5.59. The first-order valence-electron chi connectivity index (χ1n) is 6.86. The molecule has 0 saturated carbocycles. The fourth-order valence-corrected chi connectivity index (χ4v) is 2.75. The number of nitrogens with zero attached hydrogens (tertiary/aromatic N) is 1. The van der Waals surface area contributed by atoms with Crippen molar-refractivity contribution in [2.45, 2.75) is 26.1 Å². The van der Waals surface area contributed by atoms with E-state index in [4.69, 9.17) is 4.42 Å². The molecule has 2 heterocycles.